The van der Waals surface area contributed by atoms with E-state index < -0.39 is 71.1 Å². The molecule has 3 rings (SSSR count). The monoisotopic (exact) mass is 893 g/mol. The summed E-state index contributed by atoms with van der Waals surface area (Å²) < 4.78 is 61.3. The second-order valence-electron chi connectivity index (χ2n) is 26.0. The quantitative estimate of drug-likeness (QED) is 0.152. The maximum atomic E-state index is 13.1. The summed E-state index contributed by atoms with van der Waals surface area (Å²) in [6, 6.07) is 0. The van der Waals surface area contributed by atoms with E-state index in [4.69, 9.17) is 37.0 Å². The summed E-state index contributed by atoms with van der Waals surface area (Å²) in [4.78, 5) is 0. The highest BCUT2D eigenvalue weighted by atomic mass is 17.0. The van der Waals surface area contributed by atoms with Crippen LogP contribution < -0.4 is 0 Å². The van der Waals surface area contributed by atoms with Gasteiger partial charge in [-0.1, -0.05) is 208 Å². The van der Waals surface area contributed by atoms with E-state index in [-0.39, 0.29) is 71.0 Å². The number of hydrogen-bond acceptors (Lipinski definition) is 9. The molecular formula is C51H103B3O9-2. The first-order valence-corrected chi connectivity index (χ1v) is 25.7. The minimum atomic E-state index is -3.29. The Morgan fingerprint density at radius 2 is 0.635 bits per heavy atom. The third-order valence-corrected chi connectivity index (χ3v) is 18.8. The standard InChI is InChI=1S/C51H103B3O9/c1-31(2)46(55,32(3)4)43(25,26)47(33(5)6,34(7)8)56-52-61-53(57-48(35(9)10,36(11)12)44(27,28)49(58-53,37(13)14)38(15)16)63-54(62-52)59-50(39(17)18,40(19)20)45(29,30)51(60-54,41(21)22)42(23)24/h31-42,55H,1-30H3/q-2. The number of hydrogen-bond donors (Lipinski definition) is 1. The smallest absolute Gasteiger partial charge is 0.556 e. The van der Waals surface area contributed by atoms with Crippen molar-refractivity contribution in [3.05, 3.63) is 0 Å². The van der Waals surface area contributed by atoms with Crippen LogP contribution in [0.15, 0.2) is 0 Å². The zero-order valence-corrected chi connectivity index (χ0v) is 46.9. The van der Waals surface area contributed by atoms with Crippen LogP contribution >= 0.6 is 0 Å². The summed E-state index contributed by atoms with van der Waals surface area (Å²) in [5.74, 6) is -0.569. The Hall–Kier alpha value is -0.165. The van der Waals surface area contributed by atoms with Gasteiger partial charge in [-0.15, -0.1) is 0 Å². The van der Waals surface area contributed by atoms with Gasteiger partial charge in [0.15, 0.2) is 0 Å². The van der Waals surface area contributed by atoms with Gasteiger partial charge in [0.05, 0.1) is 11.2 Å². The van der Waals surface area contributed by atoms with Gasteiger partial charge in [0.25, 0.3) is 0 Å². The minimum absolute atomic E-state index is 0.00991. The van der Waals surface area contributed by atoms with Crippen molar-refractivity contribution in [1.82, 2.24) is 0 Å². The van der Waals surface area contributed by atoms with Gasteiger partial charge in [-0.25, -0.2) is 0 Å². The molecule has 3 fully saturated rings. The molecule has 372 valence electrons. The molecule has 3 aliphatic heterocycles. The van der Waals surface area contributed by atoms with Gasteiger partial charge in [0, 0.05) is 38.6 Å². The summed E-state index contributed by atoms with van der Waals surface area (Å²) in [6.07, 6.45) is 0. The SMILES string of the molecule is CC(C)C(O)(C(C)C)C(C)(C)C(OB1O[B-]2(O[B-]3(O1)OC(C(C)C)(C(C)C)C(C)(C)C(C(C)C)(C(C)C)O3)OC(C(C)C)(C(C)C)C(C)(C)C(C(C)C)(C(C)C)O2)(C(C)C)C(C)C. The van der Waals surface area contributed by atoms with Crippen LogP contribution in [0, 0.1) is 87.3 Å². The van der Waals surface area contributed by atoms with E-state index in [1.165, 1.54) is 0 Å². The van der Waals surface area contributed by atoms with Crippen LogP contribution in [-0.4, -0.2) is 59.9 Å². The highest BCUT2D eigenvalue weighted by Crippen LogP contribution is 2.67. The van der Waals surface area contributed by atoms with Crippen molar-refractivity contribution >= 4 is 21.2 Å². The molecule has 3 saturated heterocycles. The van der Waals surface area contributed by atoms with Gasteiger partial charge >= 0.3 is 21.2 Å². The molecule has 0 atom stereocenters. The van der Waals surface area contributed by atoms with Crippen LogP contribution in [0.5, 0.6) is 0 Å². The zero-order chi connectivity index (χ0) is 49.7. The normalized spacial score (nSPS) is 24.5. The predicted octanol–water partition coefficient (Wildman–Crippen LogP) is 13.4. The molecule has 63 heavy (non-hydrogen) atoms. The molecule has 0 radical (unpaired) electrons. The third-order valence-electron chi connectivity index (χ3n) is 18.8. The van der Waals surface area contributed by atoms with E-state index in [1.807, 2.05) is 0 Å². The molecule has 9 nitrogen and oxygen atoms in total. The van der Waals surface area contributed by atoms with Gasteiger partial charge in [0.1, 0.15) is 0 Å². The van der Waals surface area contributed by atoms with Gasteiger partial charge in [-0.2, -0.15) is 0 Å². The lowest BCUT2D eigenvalue weighted by atomic mass is 9.48. The summed E-state index contributed by atoms with van der Waals surface area (Å²) in [5.41, 5.74) is -7.65. The topological polar surface area (TPSA) is 94.1 Å². The Bertz CT molecular complexity index is 1350. The maximum absolute atomic E-state index is 13.1. The molecule has 1 N–H and O–H groups in total. The molecule has 0 aliphatic carbocycles. The van der Waals surface area contributed by atoms with Crippen molar-refractivity contribution in [1.29, 1.82) is 0 Å². The average molecular weight is 893 g/mol. The van der Waals surface area contributed by atoms with Crippen molar-refractivity contribution < 1.29 is 42.1 Å². The van der Waals surface area contributed by atoms with E-state index in [1.54, 1.807) is 0 Å². The lowest BCUT2D eigenvalue weighted by molar-refractivity contribution is -0.337. The lowest BCUT2D eigenvalue weighted by Gasteiger charge is -2.80. The molecule has 0 aromatic rings. The Kier molecular flexibility index (Phi) is 16.3. The molecule has 0 unspecified atom stereocenters. The zero-order valence-electron chi connectivity index (χ0n) is 46.9. The minimum Gasteiger partial charge on any atom is -0.677 e. The van der Waals surface area contributed by atoms with Crippen molar-refractivity contribution in [3.63, 3.8) is 0 Å². The predicted molar refractivity (Wildman–Crippen MR) is 264 cm³/mol. The van der Waals surface area contributed by atoms with E-state index in [2.05, 4.69) is 208 Å². The Morgan fingerprint density at radius 1 is 0.413 bits per heavy atom. The van der Waals surface area contributed by atoms with E-state index in [0.29, 0.717) is 0 Å². The van der Waals surface area contributed by atoms with Crippen molar-refractivity contribution in [2.75, 3.05) is 0 Å². The fourth-order valence-corrected chi connectivity index (χ4v) is 17.7. The van der Waals surface area contributed by atoms with Crippen LogP contribution in [0.25, 0.3) is 0 Å². The van der Waals surface area contributed by atoms with Crippen molar-refractivity contribution in [3.8, 4) is 0 Å². The van der Waals surface area contributed by atoms with Crippen LogP contribution in [-0.2, 0) is 37.0 Å². The Morgan fingerprint density at radius 3 is 0.810 bits per heavy atom. The molecular weight excluding hydrogens is 789 g/mol. The first-order valence-electron chi connectivity index (χ1n) is 25.7. The average Bonchev–Trinajstić information content (AvgIpc) is 3.09. The molecule has 0 saturated carbocycles. The molecule has 0 amide bonds. The molecule has 0 bridgehead atoms. The first-order chi connectivity index (χ1) is 28.1. The first kappa shape index (κ1) is 57.2. The van der Waals surface area contributed by atoms with Crippen molar-refractivity contribution in [2.45, 2.75) is 241 Å². The second kappa shape index (κ2) is 18.0. The van der Waals surface area contributed by atoms with Gasteiger partial charge in [-0.05, 0) is 71.0 Å². The Labute approximate surface area is 390 Å². The highest BCUT2D eigenvalue weighted by Gasteiger charge is 2.75. The summed E-state index contributed by atoms with van der Waals surface area (Å²) >= 11 is 0. The van der Waals surface area contributed by atoms with Crippen LogP contribution in [0.1, 0.15) is 208 Å². The van der Waals surface area contributed by atoms with E-state index in [0.717, 1.165) is 0 Å². The van der Waals surface area contributed by atoms with E-state index >= 15 is 0 Å². The van der Waals surface area contributed by atoms with Gasteiger partial charge in [-0.3, -0.25) is 0 Å². The second-order valence-corrected chi connectivity index (χ2v) is 26.0. The Balaban J connectivity index is 2.73. The molecule has 0 aromatic heterocycles. The summed E-state index contributed by atoms with van der Waals surface area (Å²) in [7, 11) is -1.48. The summed E-state index contributed by atoms with van der Waals surface area (Å²) in [6.45, 7) is 59.8. The summed E-state index contributed by atoms with van der Waals surface area (Å²) in [5, 5.41) is 13.1. The van der Waals surface area contributed by atoms with Crippen molar-refractivity contribution in [2.24, 2.45) is 87.3 Å². The lowest BCUT2D eigenvalue weighted by Crippen LogP contribution is -2.87. The van der Waals surface area contributed by atoms with Crippen LogP contribution in [0.2, 0.25) is 0 Å². The molecule has 2 spiro atoms. The van der Waals surface area contributed by atoms with Crippen LogP contribution in [0.3, 0.4) is 0 Å². The third kappa shape index (κ3) is 7.59. The molecule has 3 aliphatic rings. The van der Waals surface area contributed by atoms with Gasteiger partial charge < -0.3 is 42.1 Å². The molecule has 0 aromatic carbocycles. The maximum Gasteiger partial charge on any atom is 0.556 e. The fourth-order valence-electron chi connectivity index (χ4n) is 17.7. The largest absolute Gasteiger partial charge is 0.677 e. The van der Waals surface area contributed by atoms with Gasteiger partial charge in [0.2, 0.25) is 0 Å². The molecule has 3 heterocycles. The highest BCUT2D eigenvalue weighted by molar-refractivity contribution is 6.79. The number of aliphatic hydroxyl groups is 1. The fraction of sp³-hybridized carbons (Fsp3) is 1.00. The van der Waals surface area contributed by atoms with Crippen LogP contribution in [0.4, 0.5) is 0 Å². The number of rotatable bonds is 16. The molecule has 12 heteroatoms. The van der Waals surface area contributed by atoms with E-state index in [9.17, 15) is 5.11 Å².